The number of aliphatic carboxylic acids is 1. The van der Waals surface area contributed by atoms with Gasteiger partial charge in [0.2, 0.25) is 21.4 Å². The Morgan fingerprint density at radius 3 is 2.27 bits per heavy atom. The molecule has 0 bridgehead atoms. The molecule has 0 saturated heterocycles. The molecule has 210 valence electrons. The lowest BCUT2D eigenvalue weighted by molar-refractivity contribution is -0.135. The van der Waals surface area contributed by atoms with E-state index in [1.54, 1.807) is 17.0 Å². The van der Waals surface area contributed by atoms with Gasteiger partial charge in [-0.3, -0.25) is 4.79 Å². The van der Waals surface area contributed by atoms with Crippen LogP contribution in [0.15, 0.2) is 114 Å². The van der Waals surface area contributed by atoms with Gasteiger partial charge in [-0.2, -0.15) is 4.58 Å². The molecule has 0 unspecified atom stereocenters. The van der Waals surface area contributed by atoms with E-state index in [2.05, 4.69) is 60.9 Å². The number of sulfonamides is 1. The number of carboxylic acid groups (broad SMARTS) is 1. The predicted molar refractivity (Wildman–Crippen MR) is 165 cm³/mol. The molecule has 0 aromatic heterocycles. The van der Waals surface area contributed by atoms with Crippen LogP contribution in [0, 0.1) is 0 Å². The quantitative estimate of drug-likeness (QED) is 0.278. The molecule has 0 fully saturated rings. The van der Waals surface area contributed by atoms with Gasteiger partial charge in [0.1, 0.15) is 6.54 Å². The number of para-hydroxylation sites is 2. The number of hydrogen-bond acceptors (Lipinski definition) is 4. The summed E-state index contributed by atoms with van der Waals surface area (Å²) in [5, 5.41) is 15.0. The first kappa shape index (κ1) is 28.3. The van der Waals surface area contributed by atoms with Gasteiger partial charge in [-0.1, -0.05) is 68.5 Å². The van der Waals surface area contributed by atoms with Crippen LogP contribution < -0.4 is 14.6 Å². The van der Waals surface area contributed by atoms with E-state index in [4.69, 9.17) is 5.14 Å². The standard InChI is InChI=1S/C33H33N3O4S/c1-32(2)25-15-11-12-16-28(25)36(23-13-7-5-8-14-23)30(32)18-10-6-9-17-29-33(3,4)26-21-24(41(34,39)40)19-20-27(26)35(29)22-31(37)38/h5-21H,22H2,1-4H3,(H2-,34,37,38,39,40)/p+1. The first-order chi connectivity index (χ1) is 19.3. The lowest BCUT2D eigenvalue weighted by Gasteiger charge is -2.25. The largest absolute Gasteiger partial charge is 0.480 e. The zero-order valence-electron chi connectivity index (χ0n) is 23.6. The van der Waals surface area contributed by atoms with E-state index in [9.17, 15) is 18.3 Å². The fourth-order valence-electron chi connectivity index (χ4n) is 5.88. The number of anilines is 1. The second-order valence-corrected chi connectivity index (χ2v) is 12.9. The zero-order valence-corrected chi connectivity index (χ0v) is 24.4. The van der Waals surface area contributed by atoms with Gasteiger partial charge in [0.25, 0.3) is 0 Å². The van der Waals surface area contributed by atoms with Crippen LogP contribution in [0.25, 0.3) is 0 Å². The van der Waals surface area contributed by atoms with Crippen LogP contribution in [0.4, 0.5) is 17.1 Å². The van der Waals surface area contributed by atoms with Crippen molar-refractivity contribution in [3.05, 3.63) is 120 Å². The monoisotopic (exact) mass is 568 g/mol. The van der Waals surface area contributed by atoms with E-state index in [1.165, 1.54) is 11.6 Å². The van der Waals surface area contributed by atoms with Crippen molar-refractivity contribution in [1.29, 1.82) is 0 Å². The summed E-state index contributed by atoms with van der Waals surface area (Å²) in [6, 6.07) is 23.3. The fraction of sp³-hybridized carbons (Fsp3) is 0.212. The van der Waals surface area contributed by atoms with Crippen molar-refractivity contribution in [2.75, 3.05) is 11.4 Å². The average Bonchev–Trinajstić information content (AvgIpc) is 3.27. The average molecular weight is 569 g/mol. The van der Waals surface area contributed by atoms with Crippen LogP contribution in [-0.2, 0) is 25.6 Å². The number of rotatable bonds is 7. The molecule has 2 aliphatic heterocycles. The molecule has 3 N–H and O–H groups in total. The first-order valence-electron chi connectivity index (χ1n) is 13.4. The SMILES string of the molecule is CC1(C)C(/C=C/C=C/C=C2/N(CC(=O)O)c3ccc(S(N)(=O)=O)cc3C2(C)C)=[N+](c2ccccc2)c2ccccc21. The smallest absolute Gasteiger partial charge is 0.323 e. The molecule has 2 aliphatic rings. The molecule has 8 heteroatoms. The van der Waals surface area contributed by atoms with Crippen molar-refractivity contribution in [2.45, 2.75) is 43.4 Å². The number of nitrogens with two attached hydrogens (primary N) is 1. The van der Waals surface area contributed by atoms with Gasteiger partial charge in [-0.05, 0) is 43.7 Å². The Balaban J connectivity index is 1.51. The highest BCUT2D eigenvalue weighted by atomic mass is 32.2. The Kier molecular flexibility index (Phi) is 7.09. The number of allylic oxidation sites excluding steroid dienone is 6. The fourth-order valence-corrected chi connectivity index (χ4v) is 6.42. The van der Waals surface area contributed by atoms with Crippen LogP contribution in [0.5, 0.6) is 0 Å². The number of carbonyl (C=O) groups is 1. The maximum Gasteiger partial charge on any atom is 0.323 e. The lowest BCUT2D eigenvalue weighted by Crippen LogP contribution is -2.30. The molecule has 0 saturated carbocycles. The third kappa shape index (κ3) is 5.05. The highest BCUT2D eigenvalue weighted by Crippen LogP contribution is 2.48. The molecule has 5 rings (SSSR count). The van der Waals surface area contributed by atoms with Crippen molar-refractivity contribution >= 4 is 38.8 Å². The second kappa shape index (κ2) is 10.3. The summed E-state index contributed by atoms with van der Waals surface area (Å²) in [5.41, 5.74) is 5.88. The van der Waals surface area contributed by atoms with Crippen molar-refractivity contribution in [3.63, 3.8) is 0 Å². The van der Waals surface area contributed by atoms with Gasteiger partial charge in [0.05, 0.1) is 10.3 Å². The maximum atomic E-state index is 12.0. The molecule has 7 nitrogen and oxygen atoms in total. The number of primary sulfonamides is 1. The van der Waals surface area contributed by atoms with E-state index in [1.807, 2.05) is 56.4 Å². The summed E-state index contributed by atoms with van der Waals surface area (Å²) in [6.07, 6.45) is 9.81. The van der Waals surface area contributed by atoms with Gasteiger partial charge in [-0.25, -0.2) is 13.6 Å². The molecule has 0 aliphatic carbocycles. The Morgan fingerprint density at radius 1 is 0.902 bits per heavy atom. The van der Waals surface area contributed by atoms with E-state index in [0.717, 1.165) is 22.8 Å². The molecule has 2 heterocycles. The van der Waals surface area contributed by atoms with Crippen LogP contribution in [0.3, 0.4) is 0 Å². The van der Waals surface area contributed by atoms with Gasteiger partial charge in [0.15, 0.2) is 5.71 Å². The molecule has 41 heavy (non-hydrogen) atoms. The molecular weight excluding hydrogens is 534 g/mol. The van der Waals surface area contributed by atoms with Gasteiger partial charge in [0, 0.05) is 46.6 Å². The second-order valence-electron chi connectivity index (χ2n) is 11.3. The lowest BCUT2D eigenvalue weighted by atomic mass is 9.81. The van der Waals surface area contributed by atoms with Crippen LogP contribution >= 0.6 is 0 Å². The first-order valence-corrected chi connectivity index (χ1v) is 14.9. The summed E-state index contributed by atoms with van der Waals surface area (Å²) < 4.78 is 26.3. The highest BCUT2D eigenvalue weighted by Gasteiger charge is 2.45. The summed E-state index contributed by atoms with van der Waals surface area (Å²) in [4.78, 5) is 13.5. The summed E-state index contributed by atoms with van der Waals surface area (Å²) in [6.45, 7) is 8.08. The Hall–Kier alpha value is -4.27. The van der Waals surface area contributed by atoms with Crippen molar-refractivity contribution in [2.24, 2.45) is 5.14 Å². The van der Waals surface area contributed by atoms with Gasteiger partial charge >= 0.3 is 5.97 Å². The number of benzene rings is 3. The van der Waals surface area contributed by atoms with Crippen molar-refractivity contribution < 1.29 is 18.3 Å². The topological polar surface area (TPSA) is 104 Å². The van der Waals surface area contributed by atoms with E-state index in [-0.39, 0.29) is 16.9 Å². The number of nitrogens with zero attached hydrogens (tertiary/aromatic N) is 2. The van der Waals surface area contributed by atoms with Crippen molar-refractivity contribution in [3.8, 4) is 0 Å². The van der Waals surface area contributed by atoms with E-state index >= 15 is 0 Å². The zero-order chi connectivity index (χ0) is 29.6. The Bertz CT molecular complexity index is 1760. The highest BCUT2D eigenvalue weighted by molar-refractivity contribution is 7.89. The Morgan fingerprint density at radius 2 is 1.59 bits per heavy atom. The molecule has 0 atom stereocenters. The predicted octanol–water partition coefficient (Wildman–Crippen LogP) is 5.78. The van der Waals surface area contributed by atoms with E-state index in [0.29, 0.717) is 11.3 Å². The summed E-state index contributed by atoms with van der Waals surface area (Å²) in [5.74, 6) is -0.987. The molecular formula is C33H34N3O4S+. The van der Waals surface area contributed by atoms with Crippen LogP contribution in [0.1, 0.15) is 38.8 Å². The third-order valence-electron chi connectivity index (χ3n) is 7.93. The minimum absolute atomic E-state index is 0.000468. The van der Waals surface area contributed by atoms with E-state index < -0.39 is 21.4 Å². The minimum Gasteiger partial charge on any atom is -0.480 e. The molecule has 0 spiro atoms. The third-order valence-corrected chi connectivity index (χ3v) is 8.84. The van der Waals surface area contributed by atoms with Crippen LogP contribution in [0.2, 0.25) is 0 Å². The van der Waals surface area contributed by atoms with Gasteiger partial charge < -0.3 is 10.0 Å². The number of hydrogen-bond donors (Lipinski definition) is 2. The molecule has 0 radical (unpaired) electrons. The summed E-state index contributed by atoms with van der Waals surface area (Å²) in [7, 11) is -3.90. The molecule has 3 aromatic carbocycles. The maximum absolute atomic E-state index is 12.0. The van der Waals surface area contributed by atoms with Gasteiger partial charge in [-0.15, -0.1) is 0 Å². The minimum atomic E-state index is -3.90. The summed E-state index contributed by atoms with van der Waals surface area (Å²) >= 11 is 0. The van der Waals surface area contributed by atoms with Crippen LogP contribution in [-0.4, -0.2) is 31.8 Å². The normalized spacial score (nSPS) is 18.5. The van der Waals surface area contributed by atoms with Crippen molar-refractivity contribution in [1.82, 2.24) is 4.58 Å². The molecule has 0 amide bonds. The number of fused-ring (bicyclic) bond motifs is 2. The molecule has 3 aromatic rings. The Labute approximate surface area is 241 Å². The number of carboxylic acids is 1.